The summed E-state index contributed by atoms with van der Waals surface area (Å²) in [6.45, 7) is 15.4. The van der Waals surface area contributed by atoms with Gasteiger partial charge in [0.25, 0.3) is 0 Å². The van der Waals surface area contributed by atoms with Crippen LogP contribution in [-0.4, -0.2) is 22.3 Å². The van der Waals surface area contributed by atoms with Gasteiger partial charge in [-0.2, -0.15) is 0 Å². The standard InChI is InChI=1S/C26H31NO2S/c1-8-29-24(28)18(3)21-12-19(14-27-15-21)9-10-20-13-22-23(11-17(20)2)30-26(6,7)16-25(22,4)5/h11-15,18H,8,16H2,1-7H3. The number of thioether (sulfide) groups is 1. The predicted octanol–water partition coefficient (Wildman–Crippen LogP) is 6.01. The van der Waals surface area contributed by atoms with Gasteiger partial charge in [0.15, 0.2) is 0 Å². The monoisotopic (exact) mass is 421 g/mol. The van der Waals surface area contributed by atoms with Crippen LogP contribution in [0.5, 0.6) is 0 Å². The largest absolute Gasteiger partial charge is 0.466 e. The molecule has 30 heavy (non-hydrogen) atoms. The number of pyridine rings is 1. The molecule has 0 saturated heterocycles. The first-order valence-electron chi connectivity index (χ1n) is 10.5. The molecule has 4 heteroatoms. The second-order valence-corrected chi connectivity index (χ2v) is 11.1. The van der Waals surface area contributed by atoms with Crippen molar-refractivity contribution < 1.29 is 9.53 Å². The molecule has 2 heterocycles. The number of fused-ring (bicyclic) bond motifs is 1. The average Bonchev–Trinajstić information content (AvgIpc) is 2.65. The molecule has 0 N–H and O–H groups in total. The van der Waals surface area contributed by atoms with Crippen molar-refractivity contribution in [3.05, 3.63) is 58.4 Å². The zero-order chi connectivity index (χ0) is 22.1. The van der Waals surface area contributed by atoms with Gasteiger partial charge in [0, 0.05) is 33.2 Å². The Balaban J connectivity index is 1.93. The minimum atomic E-state index is -0.356. The number of aryl methyl sites for hydroxylation is 1. The number of ether oxygens (including phenoxy) is 1. The summed E-state index contributed by atoms with van der Waals surface area (Å²) in [5, 5.41) is 0. The second kappa shape index (κ2) is 8.47. The summed E-state index contributed by atoms with van der Waals surface area (Å²) in [6, 6.07) is 6.47. The summed E-state index contributed by atoms with van der Waals surface area (Å²) in [4.78, 5) is 17.7. The van der Waals surface area contributed by atoms with Crippen LogP contribution in [0.1, 0.15) is 81.7 Å². The number of esters is 1. The third-order valence-corrected chi connectivity index (χ3v) is 6.81. The van der Waals surface area contributed by atoms with E-state index in [4.69, 9.17) is 4.74 Å². The van der Waals surface area contributed by atoms with Gasteiger partial charge in [0.05, 0.1) is 12.5 Å². The van der Waals surface area contributed by atoms with Gasteiger partial charge < -0.3 is 4.74 Å². The highest BCUT2D eigenvalue weighted by Crippen LogP contribution is 2.51. The molecule has 0 amide bonds. The number of carbonyl (C=O) groups excluding carboxylic acids is 1. The summed E-state index contributed by atoms with van der Waals surface area (Å²) < 4.78 is 5.36. The van der Waals surface area contributed by atoms with Gasteiger partial charge in [-0.15, -0.1) is 11.8 Å². The molecule has 3 nitrogen and oxygen atoms in total. The van der Waals surface area contributed by atoms with Crippen molar-refractivity contribution in [1.29, 1.82) is 0 Å². The number of benzene rings is 1. The smallest absolute Gasteiger partial charge is 0.313 e. The van der Waals surface area contributed by atoms with Gasteiger partial charge in [-0.25, -0.2) is 0 Å². The van der Waals surface area contributed by atoms with Crippen LogP contribution in [-0.2, 0) is 14.9 Å². The lowest BCUT2D eigenvalue weighted by Crippen LogP contribution is -2.33. The molecule has 1 atom stereocenters. The first kappa shape index (κ1) is 22.4. The van der Waals surface area contributed by atoms with Gasteiger partial charge in [-0.05, 0) is 67.5 Å². The topological polar surface area (TPSA) is 39.2 Å². The molecule has 2 aromatic rings. The lowest BCUT2D eigenvalue weighted by molar-refractivity contribution is -0.144. The molecule has 3 rings (SSSR count). The van der Waals surface area contributed by atoms with Crippen LogP contribution in [0.2, 0.25) is 0 Å². The maximum absolute atomic E-state index is 12.0. The fourth-order valence-electron chi connectivity index (χ4n) is 4.23. The quantitative estimate of drug-likeness (QED) is 0.449. The molecule has 0 fully saturated rings. The van der Waals surface area contributed by atoms with Crippen LogP contribution in [0, 0.1) is 18.8 Å². The Hall–Kier alpha value is -2.25. The molecule has 1 aliphatic heterocycles. The second-order valence-electron chi connectivity index (χ2n) is 9.32. The zero-order valence-corrected chi connectivity index (χ0v) is 19.9. The summed E-state index contributed by atoms with van der Waals surface area (Å²) in [5.74, 6) is 6.00. The van der Waals surface area contributed by atoms with E-state index in [1.807, 2.05) is 31.7 Å². The van der Waals surface area contributed by atoms with Gasteiger partial charge in [-0.3, -0.25) is 9.78 Å². The Labute approximate surface area is 185 Å². The maximum atomic E-state index is 12.0. The minimum absolute atomic E-state index is 0.116. The number of rotatable bonds is 3. The normalized spacial score (nSPS) is 17.3. The van der Waals surface area contributed by atoms with Crippen LogP contribution >= 0.6 is 11.8 Å². The number of hydrogen-bond donors (Lipinski definition) is 0. The highest BCUT2D eigenvalue weighted by atomic mass is 32.2. The molecule has 1 aliphatic rings. The Morgan fingerprint density at radius 1 is 1.20 bits per heavy atom. The highest BCUT2D eigenvalue weighted by molar-refractivity contribution is 8.00. The minimum Gasteiger partial charge on any atom is -0.466 e. The summed E-state index contributed by atoms with van der Waals surface area (Å²) in [6.07, 6.45) is 4.58. The lowest BCUT2D eigenvalue weighted by Gasteiger charge is -2.42. The Morgan fingerprint density at radius 2 is 1.93 bits per heavy atom. The van der Waals surface area contributed by atoms with E-state index < -0.39 is 0 Å². The first-order chi connectivity index (χ1) is 14.0. The van der Waals surface area contributed by atoms with Crippen molar-refractivity contribution in [2.75, 3.05) is 6.61 Å². The van der Waals surface area contributed by atoms with Crippen LogP contribution in [0.3, 0.4) is 0 Å². The summed E-state index contributed by atoms with van der Waals surface area (Å²) >= 11 is 1.96. The number of hydrogen-bond acceptors (Lipinski definition) is 4. The molecule has 1 aromatic heterocycles. The van der Waals surface area contributed by atoms with E-state index in [9.17, 15) is 4.79 Å². The zero-order valence-electron chi connectivity index (χ0n) is 19.1. The maximum Gasteiger partial charge on any atom is 0.313 e. The van der Waals surface area contributed by atoms with Gasteiger partial charge in [0.1, 0.15) is 0 Å². The Kier molecular flexibility index (Phi) is 6.34. The van der Waals surface area contributed by atoms with E-state index in [1.54, 1.807) is 12.4 Å². The van der Waals surface area contributed by atoms with Crippen molar-refractivity contribution in [3.8, 4) is 11.8 Å². The van der Waals surface area contributed by atoms with Crippen molar-refractivity contribution in [2.24, 2.45) is 0 Å². The third kappa shape index (κ3) is 4.90. The summed E-state index contributed by atoms with van der Waals surface area (Å²) in [7, 11) is 0. The lowest BCUT2D eigenvalue weighted by atomic mass is 9.76. The molecule has 0 saturated carbocycles. The fourth-order valence-corrected chi connectivity index (χ4v) is 5.94. The van der Waals surface area contributed by atoms with Crippen molar-refractivity contribution in [1.82, 2.24) is 4.98 Å². The van der Waals surface area contributed by atoms with Crippen molar-refractivity contribution in [2.45, 2.75) is 75.9 Å². The van der Waals surface area contributed by atoms with Gasteiger partial charge >= 0.3 is 5.97 Å². The van der Waals surface area contributed by atoms with Crippen LogP contribution < -0.4 is 0 Å². The van der Waals surface area contributed by atoms with Crippen molar-refractivity contribution >= 4 is 17.7 Å². The molecule has 0 bridgehead atoms. The Morgan fingerprint density at radius 3 is 2.63 bits per heavy atom. The first-order valence-corrected chi connectivity index (χ1v) is 11.3. The van der Waals surface area contributed by atoms with E-state index in [1.165, 1.54) is 16.0 Å². The molecular formula is C26H31NO2S. The fraction of sp³-hybridized carbons (Fsp3) is 0.462. The number of nitrogens with zero attached hydrogens (tertiary/aromatic N) is 1. The van der Waals surface area contributed by atoms with E-state index in [-0.39, 0.29) is 22.0 Å². The number of aromatic nitrogens is 1. The van der Waals surface area contributed by atoms with Crippen LogP contribution in [0.15, 0.2) is 35.5 Å². The molecular weight excluding hydrogens is 390 g/mol. The number of carbonyl (C=O) groups is 1. The Bertz CT molecular complexity index is 1030. The molecule has 0 aliphatic carbocycles. The van der Waals surface area contributed by atoms with Gasteiger partial charge in [0.2, 0.25) is 0 Å². The molecule has 0 spiro atoms. The van der Waals surface area contributed by atoms with E-state index in [0.717, 1.165) is 23.1 Å². The highest BCUT2D eigenvalue weighted by Gasteiger charge is 2.38. The molecule has 0 radical (unpaired) electrons. The molecule has 1 unspecified atom stereocenters. The van der Waals surface area contributed by atoms with E-state index in [0.29, 0.717) is 6.61 Å². The van der Waals surface area contributed by atoms with E-state index >= 15 is 0 Å². The average molecular weight is 422 g/mol. The molecule has 158 valence electrons. The van der Waals surface area contributed by atoms with Crippen LogP contribution in [0.25, 0.3) is 0 Å². The van der Waals surface area contributed by atoms with Crippen LogP contribution in [0.4, 0.5) is 0 Å². The SMILES string of the molecule is CCOC(=O)C(C)c1cncc(C#Cc2cc3c(cc2C)SC(C)(C)CC3(C)C)c1. The predicted molar refractivity (Wildman–Crippen MR) is 124 cm³/mol. The van der Waals surface area contributed by atoms with Gasteiger partial charge in [-0.1, -0.05) is 39.5 Å². The summed E-state index contributed by atoms with van der Waals surface area (Å²) in [5.41, 5.74) is 5.35. The van der Waals surface area contributed by atoms with Crippen molar-refractivity contribution in [3.63, 3.8) is 0 Å². The molecule has 1 aromatic carbocycles. The third-order valence-electron chi connectivity index (χ3n) is 5.55. The van der Waals surface area contributed by atoms with E-state index in [2.05, 4.69) is 63.6 Å².